The number of hydrogen-bond acceptors (Lipinski definition) is 5. The quantitative estimate of drug-likeness (QED) is 0.908. The number of carboxylic acids is 1. The zero-order valence-corrected chi connectivity index (χ0v) is 11.0. The SMILES string of the molecule is O=C(O)c1cccn1C1CCN(Cc2ncno2)CC1. The Kier molecular flexibility index (Phi) is 3.51. The predicted molar refractivity (Wildman–Crippen MR) is 69.2 cm³/mol. The number of carbonyl (C=O) groups is 1. The minimum atomic E-state index is -0.872. The Morgan fingerprint density at radius 2 is 2.25 bits per heavy atom. The average Bonchev–Trinajstić information content (AvgIpc) is 3.10. The molecule has 0 atom stereocenters. The van der Waals surface area contributed by atoms with E-state index in [2.05, 4.69) is 15.0 Å². The standard InChI is InChI=1S/C13H16N4O3/c18-13(19)11-2-1-5-17(11)10-3-6-16(7-4-10)8-12-14-9-15-20-12/h1-2,5,9-10H,3-4,6-8H2,(H,18,19). The lowest BCUT2D eigenvalue weighted by Gasteiger charge is -2.32. The molecule has 2 aromatic rings. The van der Waals surface area contributed by atoms with Crippen LogP contribution in [0, 0.1) is 0 Å². The van der Waals surface area contributed by atoms with Crippen LogP contribution < -0.4 is 0 Å². The fraction of sp³-hybridized carbons (Fsp3) is 0.462. The van der Waals surface area contributed by atoms with Crippen LogP contribution in [0.5, 0.6) is 0 Å². The third kappa shape index (κ3) is 2.57. The fourth-order valence-corrected chi connectivity index (χ4v) is 2.71. The van der Waals surface area contributed by atoms with Crippen LogP contribution in [-0.2, 0) is 6.54 Å². The van der Waals surface area contributed by atoms with E-state index in [0.29, 0.717) is 18.1 Å². The second kappa shape index (κ2) is 5.46. The number of hydrogen-bond donors (Lipinski definition) is 1. The van der Waals surface area contributed by atoms with Gasteiger partial charge in [-0.25, -0.2) is 4.79 Å². The first kappa shape index (κ1) is 12.9. The van der Waals surface area contributed by atoms with E-state index in [1.807, 2.05) is 10.8 Å². The van der Waals surface area contributed by atoms with Gasteiger partial charge in [-0.05, 0) is 25.0 Å². The van der Waals surface area contributed by atoms with Gasteiger partial charge in [0.15, 0.2) is 6.33 Å². The number of piperidine rings is 1. The molecule has 0 spiro atoms. The van der Waals surface area contributed by atoms with Crippen molar-refractivity contribution in [3.05, 3.63) is 36.2 Å². The summed E-state index contributed by atoms with van der Waals surface area (Å²) in [5, 5.41) is 12.7. The maximum absolute atomic E-state index is 11.1. The highest BCUT2D eigenvalue weighted by Gasteiger charge is 2.24. The van der Waals surface area contributed by atoms with E-state index in [0.717, 1.165) is 25.9 Å². The molecule has 0 aliphatic carbocycles. The van der Waals surface area contributed by atoms with Gasteiger partial charge in [0.25, 0.3) is 0 Å². The topological polar surface area (TPSA) is 84.4 Å². The Hall–Kier alpha value is -2.15. The van der Waals surface area contributed by atoms with Crippen LogP contribution in [0.25, 0.3) is 0 Å². The van der Waals surface area contributed by atoms with Gasteiger partial charge in [0.05, 0.1) is 6.54 Å². The molecule has 0 saturated carbocycles. The summed E-state index contributed by atoms with van der Waals surface area (Å²) >= 11 is 0. The molecule has 20 heavy (non-hydrogen) atoms. The molecule has 3 heterocycles. The van der Waals surface area contributed by atoms with Crippen molar-refractivity contribution in [2.75, 3.05) is 13.1 Å². The van der Waals surface area contributed by atoms with Gasteiger partial charge in [0.2, 0.25) is 5.89 Å². The van der Waals surface area contributed by atoms with Crippen LogP contribution in [0.4, 0.5) is 0 Å². The predicted octanol–water partition coefficient (Wildman–Crippen LogP) is 1.41. The molecule has 0 bridgehead atoms. The molecule has 1 N–H and O–H groups in total. The van der Waals surface area contributed by atoms with Crippen molar-refractivity contribution in [2.24, 2.45) is 0 Å². The molecule has 1 aliphatic heterocycles. The molecule has 106 valence electrons. The minimum absolute atomic E-state index is 0.245. The van der Waals surface area contributed by atoms with Crippen LogP contribution in [0.3, 0.4) is 0 Å². The van der Waals surface area contributed by atoms with Gasteiger partial charge in [-0.2, -0.15) is 4.98 Å². The van der Waals surface area contributed by atoms with Gasteiger partial charge in [0.1, 0.15) is 5.69 Å². The highest BCUT2D eigenvalue weighted by atomic mass is 16.5. The zero-order chi connectivity index (χ0) is 13.9. The Morgan fingerprint density at radius 1 is 1.45 bits per heavy atom. The van der Waals surface area contributed by atoms with Crippen LogP contribution in [0.15, 0.2) is 29.2 Å². The molecule has 1 aliphatic rings. The monoisotopic (exact) mass is 276 g/mol. The van der Waals surface area contributed by atoms with Crippen molar-refractivity contribution in [3.63, 3.8) is 0 Å². The van der Waals surface area contributed by atoms with Gasteiger partial charge < -0.3 is 14.2 Å². The summed E-state index contributed by atoms with van der Waals surface area (Å²) in [6.07, 6.45) is 5.09. The lowest BCUT2D eigenvalue weighted by Crippen LogP contribution is -2.34. The summed E-state index contributed by atoms with van der Waals surface area (Å²) in [5.74, 6) is -0.251. The molecular formula is C13H16N4O3. The lowest BCUT2D eigenvalue weighted by molar-refractivity contribution is 0.0677. The van der Waals surface area contributed by atoms with Crippen molar-refractivity contribution in [1.29, 1.82) is 0 Å². The van der Waals surface area contributed by atoms with Gasteiger partial charge in [-0.3, -0.25) is 4.90 Å². The number of nitrogens with zero attached hydrogens (tertiary/aromatic N) is 4. The summed E-state index contributed by atoms with van der Waals surface area (Å²) in [4.78, 5) is 17.4. The number of aromatic carboxylic acids is 1. The molecule has 0 unspecified atom stereocenters. The zero-order valence-electron chi connectivity index (χ0n) is 11.0. The third-order valence-corrected chi connectivity index (χ3v) is 3.71. The summed E-state index contributed by atoms with van der Waals surface area (Å²) in [5.41, 5.74) is 0.361. The normalized spacial score (nSPS) is 17.4. The fourth-order valence-electron chi connectivity index (χ4n) is 2.71. The van der Waals surface area contributed by atoms with Crippen LogP contribution in [0.1, 0.15) is 35.3 Å². The molecule has 3 rings (SSSR count). The largest absolute Gasteiger partial charge is 0.477 e. The molecule has 0 amide bonds. The second-order valence-corrected chi connectivity index (χ2v) is 4.95. The Bertz CT molecular complexity index is 570. The maximum atomic E-state index is 11.1. The first-order valence-corrected chi connectivity index (χ1v) is 6.62. The summed E-state index contributed by atoms with van der Waals surface area (Å²) in [6.45, 7) is 2.44. The molecule has 7 nitrogen and oxygen atoms in total. The second-order valence-electron chi connectivity index (χ2n) is 4.95. The van der Waals surface area contributed by atoms with Crippen LogP contribution in [0.2, 0.25) is 0 Å². The van der Waals surface area contributed by atoms with E-state index in [9.17, 15) is 4.79 Å². The summed E-state index contributed by atoms with van der Waals surface area (Å²) in [6, 6.07) is 3.68. The smallest absolute Gasteiger partial charge is 0.352 e. The molecule has 1 saturated heterocycles. The number of likely N-dealkylation sites (tertiary alicyclic amines) is 1. The minimum Gasteiger partial charge on any atom is -0.477 e. The lowest BCUT2D eigenvalue weighted by atomic mass is 10.0. The third-order valence-electron chi connectivity index (χ3n) is 3.71. The van der Waals surface area contributed by atoms with Crippen molar-refractivity contribution in [3.8, 4) is 0 Å². The van der Waals surface area contributed by atoms with E-state index >= 15 is 0 Å². The van der Waals surface area contributed by atoms with Crippen molar-refractivity contribution in [1.82, 2.24) is 19.6 Å². The number of carboxylic acid groups (broad SMARTS) is 1. The average molecular weight is 276 g/mol. The van der Waals surface area contributed by atoms with Gasteiger partial charge in [-0.1, -0.05) is 5.16 Å². The van der Waals surface area contributed by atoms with Crippen molar-refractivity contribution < 1.29 is 14.4 Å². The van der Waals surface area contributed by atoms with Crippen LogP contribution >= 0.6 is 0 Å². The Morgan fingerprint density at radius 3 is 2.90 bits per heavy atom. The van der Waals surface area contributed by atoms with E-state index in [1.165, 1.54) is 6.33 Å². The van der Waals surface area contributed by atoms with Crippen molar-refractivity contribution in [2.45, 2.75) is 25.4 Å². The van der Waals surface area contributed by atoms with Gasteiger partial charge in [-0.15, -0.1) is 0 Å². The molecule has 0 radical (unpaired) electrons. The Labute approximate surface area is 115 Å². The highest BCUT2D eigenvalue weighted by Crippen LogP contribution is 2.25. The maximum Gasteiger partial charge on any atom is 0.352 e. The summed E-state index contributed by atoms with van der Waals surface area (Å²) in [7, 11) is 0. The molecule has 0 aromatic carbocycles. The highest BCUT2D eigenvalue weighted by molar-refractivity contribution is 5.85. The van der Waals surface area contributed by atoms with Crippen molar-refractivity contribution >= 4 is 5.97 Å². The number of aromatic nitrogens is 3. The van der Waals surface area contributed by atoms with E-state index < -0.39 is 5.97 Å². The summed E-state index contributed by atoms with van der Waals surface area (Å²) < 4.78 is 6.87. The van der Waals surface area contributed by atoms with Gasteiger partial charge in [0, 0.05) is 25.3 Å². The molecule has 7 heteroatoms. The molecule has 2 aromatic heterocycles. The van der Waals surface area contributed by atoms with Gasteiger partial charge >= 0.3 is 5.97 Å². The molecule has 1 fully saturated rings. The molecular weight excluding hydrogens is 260 g/mol. The first-order chi connectivity index (χ1) is 9.74. The number of rotatable bonds is 4. The van der Waals surface area contributed by atoms with E-state index in [4.69, 9.17) is 9.63 Å². The Balaban J connectivity index is 1.61. The van der Waals surface area contributed by atoms with E-state index in [1.54, 1.807) is 12.1 Å². The van der Waals surface area contributed by atoms with Crippen LogP contribution in [-0.4, -0.2) is 43.8 Å². The van der Waals surface area contributed by atoms with E-state index in [-0.39, 0.29) is 6.04 Å². The first-order valence-electron chi connectivity index (χ1n) is 6.62.